The van der Waals surface area contributed by atoms with Gasteiger partial charge >= 0.3 is 0 Å². The lowest BCUT2D eigenvalue weighted by molar-refractivity contribution is 0.970. The van der Waals surface area contributed by atoms with Crippen LogP contribution in [0.3, 0.4) is 0 Å². The summed E-state index contributed by atoms with van der Waals surface area (Å²) >= 11 is 2.76. The van der Waals surface area contributed by atoms with Gasteiger partial charge in [-0.15, -0.1) is 10.2 Å². The maximum Gasteiger partial charge on any atom is 0.208 e. The minimum atomic E-state index is 0.446. The fourth-order valence-corrected chi connectivity index (χ4v) is 2.83. The third kappa shape index (κ3) is 2.69. The Bertz CT molecular complexity index is 601. The van der Waals surface area contributed by atoms with Crippen molar-refractivity contribution in [3.8, 4) is 6.07 Å². The van der Waals surface area contributed by atoms with Gasteiger partial charge in [-0.25, -0.2) is 4.98 Å². The van der Waals surface area contributed by atoms with E-state index in [1.165, 1.54) is 29.3 Å². The molecule has 92 valence electrons. The number of pyridine rings is 1. The van der Waals surface area contributed by atoms with Gasteiger partial charge in [0.15, 0.2) is 4.34 Å². The van der Waals surface area contributed by atoms with Crippen molar-refractivity contribution < 1.29 is 0 Å². The van der Waals surface area contributed by atoms with E-state index in [0.29, 0.717) is 16.3 Å². The van der Waals surface area contributed by atoms with Crippen molar-refractivity contribution in [2.24, 2.45) is 0 Å². The monoisotopic (exact) mass is 278 g/mol. The molecule has 0 saturated heterocycles. The van der Waals surface area contributed by atoms with Crippen molar-refractivity contribution in [1.29, 1.82) is 5.26 Å². The van der Waals surface area contributed by atoms with E-state index in [1.807, 2.05) is 19.0 Å². The second kappa shape index (κ2) is 5.20. The van der Waals surface area contributed by atoms with Crippen LogP contribution in [0.2, 0.25) is 0 Å². The topological polar surface area (TPSA) is 91.7 Å². The molecular formula is C10H10N6S2. The van der Waals surface area contributed by atoms with E-state index in [2.05, 4.69) is 21.3 Å². The first-order chi connectivity index (χ1) is 8.60. The molecule has 2 N–H and O–H groups in total. The summed E-state index contributed by atoms with van der Waals surface area (Å²) in [5.74, 6) is 0. The Morgan fingerprint density at radius 2 is 2.22 bits per heavy atom. The van der Waals surface area contributed by atoms with Gasteiger partial charge in [-0.05, 0) is 17.8 Å². The van der Waals surface area contributed by atoms with E-state index in [0.717, 1.165) is 9.47 Å². The third-order valence-corrected chi connectivity index (χ3v) is 4.12. The van der Waals surface area contributed by atoms with E-state index >= 15 is 0 Å². The Labute approximate surface area is 112 Å². The molecule has 6 nitrogen and oxygen atoms in total. The van der Waals surface area contributed by atoms with Crippen LogP contribution in [-0.4, -0.2) is 29.3 Å². The highest BCUT2D eigenvalue weighted by Crippen LogP contribution is 2.33. The van der Waals surface area contributed by atoms with E-state index in [-0.39, 0.29) is 0 Å². The molecule has 0 atom stereocenters. The van der Waals surface area contributed by atoms with E-state index < -0.39 is 0 Å². The predicted octanol–water partition coefficient (Wildman–Crippen LogP) is 1.60. The minimum Gasteiger partial charge on any atom is -0.397 e. The van der Waals surface area contributed by atoms with Gasteiger partial charge < -0.3 is 10.6 Å². The number of hydrogen-bond donors (Lipinski definition) is 1. The summed E-state index contributed by atoms with van der Waals surface area (Å²) < 4.78 is 0.743. The second-order valence-electron chi connectivity index (χ2n) is 3.58. The molecule has 2 aromatic heterocycles. The van der Waals surface area contributed by atoms with Gasteiger partial charge in [0, 0.05) is 14.1 Å². The fraction of sp³-hybridized carbons (Fsp3) is 0.200. The maximum atomic E-state index is 9.01. The third-order valence-electron chi connectivity index (χ3n) is 1.96. The van der Waals surface area contributed by atoms with Crippen LogP contribution < -0.4 is 10.6 Å². The summed E-state index contributed by atoms with van der Waals surface area (Å²) in [7, 11) is 3.80. The Morgan fingerprint density at radius 3 is 2.83 bits per heavy atom. The molecular weight excluding hydrogens is 268 g/mol. The molecule has 18 heavy (non-hydrogen) atoms. The quantitative estimate of drug-likeness (QED) is 0.911. The summed E-state index contributed by atoms with van der Waals surface area (Å²) in [5, 5.41) is 18.5. The maximum absolute atomic E-state index is 9.01. The number of hydrogen-bond acceptors (Lipinski definition) is 8. The standard InChI is InChI=1S/C10H10N6S2/c1-16(2)9-14-15-10(18-9)17-8-6(4-11)3-7(12)5-13-8/h3,5H,12H2,1-2H3. The zero-order valence-corrected chi connectivity index (χ0v) is 11.4. The number of anilines is 2. The Balaban J connectivity index is 2.26. The molecule has 2 heterocycles. The van der Waals surface area contributed by atoms with E-state index in [4.69, 9.17) is 11.0 Å². The van der Waals surface area contributed by atoms with Gasteiger partial charge in [0.25, 0.3) is 0 Å². The van der Waals surface area contributed by atoms with Crippen molar-refractivity contribution in [2.45, 2.75) is 9.37 Å². The number of rotatable bonds is 3. The summed E-state index contributed by atoms with van der Waals surface area (Å²) in [6.45, 7) is 0. The van der Waals surface area contributed by atoms with Crippen LogP contribution in [0.25, 0.3) is 0 Å². The summed E-state index contributed by atoms with van der Waals surface area (Å²) in [6, 6.07) is 3.67. The molecule has 0 bridgehead atoms. The van der Waals surface area contributed by atoms with Gasteiger partial charge in [-0.2, -0.15) is 5.26 Å². The normalized spacial score (nSPS) is 10.1. The van der Waals surface area contributed by atoms with Crippen molar-refractivity contribution in [2.75, 3.05) is 24.7 Å². The van der Waals surface area contributed by atoms with Gasteiger partial charge in [-0.1, -0.05) is 11.3 Å². The van der Waals surface area contributed by atoms with Crippen LogP contribution in [0.1, 0.15) is 5.56 Å². The zero-order valence-electron chi connectivity index (χ0n) is 9.78. The SMILES string of the molecule is CN(C)c1nnc(Sc2ncc(N)cc2C#N)s1. The molecule has 0 aliphatic rings. The number of nitrogens with two attached hydrogens (primary N) is 1. The first-order valence-corrected chi connectivity index (χ1v) is 6.57. The molecule has 2 rings (SSSR count). The molecule has 0 radical (unpaired) electrons. The molecule has 0 aliphatic heterocycles. The average Bonchev–Trinajstić information content (AvgIpc) is 2.80. The molecule has 2 aromatic rings. The number of nitrogens with zero attached hydrogens (tertiary/aromatic N) is 5. The summed E-state index contributed by atoms with van der Waals surface area (Å²) in [5.41, 5.74) is 6.51. The average molecular weight is 278 g/mol. The van der Waals surface area contributed by atoms with Crippen LogP contribution in [0, 0.1) is 11.3 Å². The van der Waals surface area contributed by atoms with Crippen molar-refractivity contribution in [3.05, 3.63) is 17.8 Å². The smallest absolute Gasteiger partial charge is 0.208 e. The van der Waals surface area contributed by atoms with Gasteiger partial charge in [0.2, 0.25) is 5.13 Å². The van der Waals surface area contributed by atoms with Crippen LogP contribution >= 0.6 is 23.1 Å². The highest BCUT2D eigenvalue weighted by Gasteiger charge is 2.11. The summed E-state index contributed by atoms with van der Waals surface area (Å²) in [4.78, 5) is 6.02. The van der Waals surface area contributed by atoms with Gasteiger partial charge in [0.1, 0.15) is 11.1 Å². The Kier molecular flexibility index (Phi) is 3.64. The lowest BCUT2D eigenvalue weighted by Gasteiger charge is -2.03. The van der Waals surface area contributed by atoms with Gasteiger partial charge in [0.05, 0.1) is 17.4 Å². The van der Waals surface area contributed by atoms with Crippen LogP contribution in [-0.2, 0) is 0 Å². The minimum absolute atomic E-state index is 0.446. The van der Waals surface area contributed by atoms with E-state index in [9.17, 15) is 0 Å². The molecule has 0 fully saturated rings. The van der Waals surface area contributed by atoms with Gasteiger partial charge in [-0.3, -0.25) is 0 Å². The number of aromatic nitrogens is 3. The van der Waals surface area contributed by atoms with Crippen LogP contribution in [0.15, 0.2) is 21.6 Å². The number of nitrogen functional groups attached to an aromatic ring is 1. The molecule has 0 unspecified atom stereocenters. The predicted molar refractivity (Wildman–Crippen MR) is 71.7 cm³/mol. The van der Waals surface area contributed by atoms with Crippen molar-refractivity contribution >= 4 is 33.9 Å². The fourth-order valence-electron chi connectivity index (χ4n) is 1.14. The number of nitriles is 1. The van der Waals surface area contributed by atoms with Crippen molar-refractivity contribution in [1.82, 2.24) is 15.2 Å². The highest BCUT2D eigenvalue weighted by molar-refractivity contribution is 8.01. The lowest BCUT2D eigenvalue weighted by atomic mass is 10.3. The van der Waals surface area contributed by atoms with Crippen LogP contribution in [0.5, 0.6) is 0 Å². The zero-order chi connectivity index (χ0) is 13.1. The molecule has 8 heteroatoms. The second-order valence-corrected chi connectivity index (χ2v) is 5.77. The molecule has 0 spiro atoms. The van der Waals surface area contributed by atoms with Crippen molar-refractivity contribution in [3.63, 3.8) is 0 Å². The Morgan fingerprint density at radius 1 is 1.44 bits per heavy atom. The highest BCUT2D eigenvalue weighted by atomic mass is 32.2. The molecule has 0 aromatic carbocycles. The largest absolute Gasteiger partial charge is 0.397 e. The first-order valence-electron chi connectivity index (χ1n) is 4.94. The summed E-state index contributed by atoms with van der Waals surface area (Å²) in [6.07, 6.45) is 1.52. The lowest BCUT2D eigenvalue weighted by Crippen LogP contribution is -2.07. The molecule has 0 saturated carbocycles. The molecule has 0 aliphatic carbocycles. The Hall–Kier alpha value is -1.85. The molecule has 0 amide bonds. The van der Waals surface area contributed by atoms with Crippen LogP contribution in [0.4, 0.5) is 10.8 Å². The first kappa shape index (κ1) is 12.6. The van der Waals surface area contributed by atoms with E-state index in [1.54, 1.807) is 6.07 Å².